The van der Waals surface area contributed by atoms with Crippen molar-refractivity contribution in [2.24, 2.45) is 5.92 Å². The molecule has 2 rings (SSSR count). The highest BCUT2D eigenvalue weighted by Gasteiger charge is 2.29. The normalized spacial score (nSPS) is 24.9. The highest BCUT2D eigenvalue weighted by atomic mass is 19.1. The number of nitrogens with one attached hydrogen (secondary N) is 1. The number of benzene rings is 1. The lowest BCUT2D eigenvalue weighted by molar-refractivity contribution is 0.105. The first-order valence-corrected chi connectivity index (χ1v) is 8.32. The van der Waals surface area contributed by atoms with Crippen molar-refractivity contribution in [3.05, 3.63) is 35.9 Å². The third-order valence-corrected chi connectivity index (χ3v) is 4.79. The fraction of sp³-hybridized carbons (Fsp3) is 0.667. The quantitative estimate of drug-likeness (QED) is 0.829. The molecule has 118 valence electrons. The van der Waals surface area contributed by atoms with Crippen molar-refractivity contribution in [1.29, 1.82) is 0 Å². The molecule has 0 saturated carbocycles. The van der Waals surface area contributed by atoms with Crippen molar-refractivity contribution < 1.29 is 4.39 Å². The zero-order valence-corrected chi connectivity index (χ0v) is 13.4. The molecule has 21 heavy (non-hydrogen) atoms. The van der Waals surface area contributed by atoms with Crippen LogP contribution in [0.1, 0.15) is 32.3 Å². The molecule has 1 heterocycles. The molecule has 0 bridgehead atoms. The average Bonchev–Trinajstić information content (AvgIpc) is 2.54. The maximum Gasteiger partial charge on any atom is 0.0906 e. The second-order valence-corrected chi connectivity index (χ2v) is 6.28. The highest BCUT2D eigenvalue weighted by Crippen LogP contribution is 2.18. The number of alkyl halides is 1. The van der Waals surface area contributed by atoms with E-state index >= 15 is 0 Å². The maximum absolute atomic E-state index is 12.6. The summed E-state index contributed by atoms with van der Waals surface area (Å²) in [7, 11) is 0. The molecule has 3 atom stereocenters. The lowest BCUT2D eigenvalue weighted by Gasteiger charge is -2.42. The maximum atomic E-state index is 12.6. The predicted molar refractivity (Wildman–Crippen MR) is 87.3 cm³/mol. The number of hydrogen-bond acceptors (Lipinski definition) is 2. The Morgan fingerprint density at radius 2 is 2.10 bits per heavy atom. The van der Waals surface area contributed by atoms with E-state index in [0.29, 0.717) is 24.4 Å². The van der Waals surface area contributed by atoms with Gasteiger partial charge in [-0.3, -0.25) is 9.29 Å². The summed E-state index contributed by atoms with van der Waals surface area (Å²) >= 11 is 0. The fourth-order valence-corrected chi connectivity index (χ4v) is 3.17. The van der Waals surface area contributed by atoms with Gasteiger partial charge in [0.25, 0.3) is 0 Å². The van der Waals surface area contributed by atoms with Crippen LogP contribution < -0.4 is 5.32 Å². The van der Waals surface area contributed by atoms with Crippen molar-refractivity contribution in [1.82, 2.24) is 10.2 Å². The third kappa shape index (κ3) is 4.79. The second-order valence-electron chi connectivity index (χ2n) is 6.28. The SMILES string of the molecule is CCC(C)C1CN(CCCF)C(Cc2ccccc2)CN1. The van der Waals surface area contributed by atoms with Gasteiger partial charge < -0.3 is 5.32 Å². The summed E-state index contributed by atoms with van der Waals surface area (Å²) in [5.41, 5.74) is 1.37. The van der Waals surface area contributed by atoms with Crippen LogP contribution in [0, 0.1) is 5.92 Å². The Hall–Kier alpha value is -0.930. The molecule has 0 aliphatic carbocycles. The number of nitrogens with zero attached hydrogens (tertiary/aromatic N) is 1. The predicted octanol–water partition coefficient (Wildman–Crippen LogP) is 3.28. The number of piperazine rings is 1. The molecule has 2 nitrogen and oxygen atoms in total. The van der Waals surface area contributed by atoms with E-state index in [0.717, 1.165) is 26.1 Å². The monoisotopic (exact) mass is 292 g/mol. The molecule has 1 saturated heterocycles. The molecule has 1 fully saturated rings. The molecular formula is C18H29FN2. The van der Waals surface area contributed by atoms with Gasteiger partial charge in [0.2, 0.25) is 0 Å². The summed E-state index contributed by atoms with van der Waals surface area (Å²) in [5.74, 6) is 0.676. The van der Waals surface area contributed by atoms with Gasteiger partial charge in [-0.25, -0.2) is 0 Å². The lowest BCUT2D eigenvalue weighted by Crippen LogP contribution is -2.59. The summed E-state index contributed by atoms with van der Waals surface area (Å²) in [6.45, 7) is 7.28. The molecule has 0 amide bonds. The van der Waals surface area contributed by atoms with Crippen molar-refractivity contribution in [3.8, 4) is 0 Å². The van der Waals surface area contributed by atoms with Crippen molar-refractivity contribution in [2.45, 2.75) is 45.2 Å². The highest BCUT2D eigenvalue weighted by molar-refractivity contribution is 5.16. The number of halogens is 1. The first kappa shape index (κ1) is 16.4. The van der Waals surface area contributed by atoms with E-state index in [2.05, 4.69) is 54.4 Å². The van der Waals surface area contributed by atoms with Crippen LogP contribution >= 0.6 is 0 Å². The first-order chi connectivity index (χ1) is 10.2. The van der Waals surface area contributed by atoms with Crippen molar-refractivity contribution in [2.75, 3.05) is 26.3 Å². The topological polar surface area (TPSA) is 15.3 Å². The zero-order valence-electron chi connectivity index (χ0n) is 13.4. The van der Waals surface area contributed by atoms with Gasteiger partial charge in [0.15, 0.2) is 0 Å². The van der Waals surface area contributed by atoms with Crippen molar-refractivity contribution in [3.63, 3.8) is 0 Å². The van der Waals surface area contributed by atoms with Crippen LogP contribution in [-0.2, 0) is 6.42 Å². The van der Waals surface area contributed by atoms with Crippen LogP contribution in [0.3, 0.4) is 0 Å². The Morgan fingerprint density at radius 1 is 1.33 bits per heavy atom. The smallest absolute Gasteiger partial charge is 0.0906 e. The van der Waals surface area contributed by atoms with Gasteiger partial charge in [-0.15, -0.1) is 0 Å². The minimum absolute atomic E-state index is 0.212. The van der Waals surface area contributed by atoms with Crippen molar-refractivity contribution >= 4 is 0 Å². The molecule has 3 unspecified atom stereocenters. The van der Waals surface area contributed by atoms with Gasteiger partial charge in [0.05, 0.1) is 6.67 Å². The van der Waals surface area contributed by atoms with Gasteiger partial charge in [0.1, 0.15) is 0 Å². The van der Waals surface area contributed by atoms with Gasteiger partial charge in [-0.05, 0) is 24.3 Å². The van der Waals surface area contributed by atoms with Crippen LogP contribution in [-0.4, -0.2) is 43.3 Å². The summed E-state index contributed by atoms with van der Waals surface area (Å²) in [5, 5.41) is 3.71. The van der Waals surface area contributed by atoms with Crippen LogP contribution in [0.4, 0.5) is 4.39 Å². The van der Waals surface area contributed by atoms with Crippen LogP contribution in [0.5, 0.6) is 0 Å². The van der Waals surface area contributed by atoms with E-state index in [4.69, 9.17) is 0 Å². The molecule has 0 radical (unpaired) electrons. The minimum atomic E-state index is -0.212. The van der Waals surface area contributed by atoms with Gasteiger partial charge >= 0.3 is 0 Å². The van der Waals surface area contributed by atoms with E-state index in [1.165, 1.54) is 12.0 Å². The standard InChI is InChI=1S/C18H29FN2/c1-3-15(2)18-14-21(11-7-10-19)17(13-20-18)12-16-8-5-4-6-9-16/h4-6,8-9,15,17-18,20H,3,7,10-14H2,1-2H3. The number of rotatable bonds is 7. The molecular weight excluding hydrogens is 263 g/mol. The first-order valence-electron chi connectivity index (χ1n) is 8.32. The summed E-state index contributed by atoms with van der Waals surface area (Å²) < 4.78 is 12.6. The third-order valence-electron chi connectivity index (χ3n) is 4.79. The minimum Gasteiger partial charge on any atom is -0.311 e. The van der Waals surface area contributed by atoms with Gasteiger partial charge in [-0.1, -0.05) is 50.6 Å². The molecule has 1 aliphatic rings. The Kier molecular flexibility index (Phi) is 6.65. The van der Waals surface area contributed by atoms with Gasteiger partial charge in [-0.2, -0.15) is 0 Å². The Labute approximate surface area is 128 Å². The Bertz CT molecular complexity index is 395. The van der Waals surface area contributed by atoms with Gasteiger partial charge in [0, 0.05) is 31.7 Å². The van der Waals surface area contributed by atoms with E-state index < -0.39 is 0 Å². The summed E-state index contributed by atoms with van der Waals surface area (Å²) in [6, 6.07) is 11.7. The second kappa shape index (κ2) is 8.50. The molecule has 1 aliphatic heterocycles. The van der Waals surface area contributed by atoms with E-state index in [-0.39, 0.29) is 6.67 Å². The molecule has 0 aromatic heterocycles. The lowest BCUT2D eigenvalue weighted by atomic mass is 9.93. The molecule has 1 N–H and O–H groups in total. The molecule has 0 spiro atoms. The molecule has 1 aromatic carbocycles. The van der Waals surface area contributed by atoms with Crippen LogP contribution in [0.25, 0.3) is 0 Å². The zero-order chi connectivity index (χ0) is 15.1. The summed E-state index contributed by atoms with van der Waals surface area (Å²) in [6.07, 6.45) is 2.89. The summed E-state index contributed by atoms with van der Waals surface area (Å²) in [4.78, 5) is 2.50. The largest absolute Gasteiger partial charge is 0.311 e. The number of hydrogen-bond donors (Lipinski definition) is 1. The van der Waals surface area contributed by atoms with Crippen LogP contribution in [0.2, 0.25) is 0 Å². The fourth-order valence-electron chi connectivity index (χ4n) is 3.17. The Morgan fingerprint density at radius 3 is 2.76 bits per heavy atom. The van der Waals surface area contributed by atoms with E-state index in [9.17, 15) is 4.39 Å². The molecule has 1 aromatic rings. The van der Waals surface area contributed by atoms with E-state index in [1.807, 2.05) is 0 Å². The average molecular weight is 292 g/mol. The Balaban J connectivity index is 1.98. The van der Waals surface area contributed by atoms with Crippen LogP contribution in [0.15, 0.2) is 30.3 Å². The van der Waals surface area contributed by atoms with E-state index in [1.54, 1.807) is 0 Å². The molecule has 3 heteroatoms.